The Morgan fingerprint density at radius 1 is 1.06 bits per heavy atom. The molecule has 6 nitrogen and oxygen atoms in total. The van der Waals surface area contributed by atoms with Crippen LogP contribution in [-0.4, -0.2) is 28.8 Å². The van der Waals surface area contributed by atoms with Crippen LogP contribution in [0.15, 0.2) is 54.7 Å². The molecule has 1 aliphatic rings. The summed E-state index contributed by atoms with van der Waals surface area (Å²) < 4.78 is 5.12. The third-order valence-electron chi connectivity index (χ3n) is 5.69. The molecule has 3 aromatic rings. The Kier molecular flexibility index (Phi) is 5.80. The summed E-state index contributed by atoms with van der Waals surface area (Å²) in [4.78, 5) is 33.9. The second kappa shape index (κ2) is 8.68. The third kappa shape index (κ3) is 4.48. The number of Topliss-reactive ketones (excluding diaryl/α,β-unsaturated/α-hetero) is 1. The zero-order valence-electron chi connectivity index (χ0n) is 17.9. The fourth-order valence-corrected chi connectivity index (χ4v) is 3.81. The van der Waals surface area contributed by atoms with Crippen LogP contribution in [-0.2, 0) is 6.42 Å². The molecule has 1 atom stereocenters. The number of ether oxygens (including phenoxy) is 1. The van der Waals surface area contributed by atoms with E-state index in [1.165, 1.54) is 11.8 Å². The largest absolute Gasteiger partial charge is 0.497 e. The van der Waals surface area contributed by atoms with Gasteiger partial charge < -0.3 is 4.74 Å². The zero-order valence-corrected chi connectivity index (χ0v) is 17.9. The zero-order chi connectivity index (χ0) is 22.0. The molecule has 1 N–H and O–H groups in total. The average Bonchev–Trinajstić information content (AvgIpc) is 2.79. The Hall–Kier alpha value is -3.54. The van der Waals surface area contributed by atoms with Crippen LogP contribution in [0.4, 0.5) is 5.95 Å². The van der Waals surface area contributed by atoms with Crippen molar-refractivity contribution in [3.63, 3.8) is 0 Å². The van der Waals surface area contributed by atoms with Crippen LogP contribution in [0, 0.1) is 0 Å². The van der Waals surface area contributed by atoms with Crippen molar-refractivity contribution in [2.24, 2.45) is 0 Å². The van der Waals surface area contributed by atoms with Gasteiger partial charge in [-0.1, -0.05) is 38.1 Å². The maximum atomic E-state index is 12.7. The predicted molar refractivity (Wildman–Crippen MR) is 119 cm³/mol. The lowest BCUT2D eigenvalue weighted by molar-refractivity contribution is 0.0962. The minimum Gasteiger partial charge on any atom is -0.497 e. The summed E-state index contributed by atoms with van der Waals surface area (Å²) in [6.07, 6.45) is 2.59. The van der Waals surface area contributed by atoms with Crippen molar-refractivity contribution in [2.75, 3.05) is 12.4 Å². The minimum absolute atomic E-state index is 0.0345. The maximum absolute atomic E-state index is 12.7. The average molecular weight is 415 g/mol. The van der Waals surface area contributed by atoms with Gasteiger partial charge in [-0.25, -0.2) is 9.97 Å². The molecule has 1 heterocycles. The molecule has 0 radical (unpaired) electrons. The van der Waals surface area contributed by atoms with E-state index >= 15 is 0 Å². The molecule has 1 amide bonds. The van der Waals surface area contributed by atoms with Crippen LogP contribution >= 0.6 is 0 Å². The summed E-state index contributed by atoms with van der Waals surface area (Å²) in [6.45, 7) is 4.32. The van der Waals surface area contributed by atoms with Crippen molar-refractivity contribution in [3.05, 3.63) is 82.7 Å². The molecular formula is C25H25N3O3. The highest BCUT2D eigenvalue weighted by Crippen LogP contribution is 2.32. The molecule has 1 aliphatic carbocycles. The summed E-state index contributed by atoms with van der Waals surface area (Å²) in [5.41, 5.74) is 4.09. The molecule has 158 valence electrons. The molecule has 31 heavy (non-hydrogen) atoms. The van der Waals surface area contributed by atoms with Gasteiger partial charge in [-0.2, -0.15) is 0 Å². The highest BCUT2D eigenvalue weighted by Gasteiger charge is 2.28. The molecule has 0 saturated heterocycles. The van der Waals surface area contributed by atoms with E-state index in [-0.39, 0.29) is 23.6 Å². The van der Waals surface area contributed by atoms with Gasteiger partial charge >= 0.3 is 0 Å². The number of fused-ring (bicyclic) bond motifs is 1. The molecule has 6 heteroatoms. The van der Waals surface area contributed by atoms with Gasteiger partial charge in [-0.05, 0) is 53.6 Å². The lowest BCUT2D eigenvalue weighted by atomic mass is 9.81. The quantitative estimate of drug-likeness (QED) is 0.649. The number of methoxy groups -OCH3 is 1. The van der Waals surface area contributed by atoms with Crippen molar-refractivity contribution in [1.82, 2.24) is 9.97 Å². The fraction of sp³-hybridized carbons (Fsp3) is 0.280. The van der Waals surface area contributed by atoms with Crippen molar-refractivity contribution < 1.29 is 14.3 Å². The van der Waals surface area contributed by atoms with E-state index in [0.29, 0.717) is 41.3 Å². The normalized spacial score (nSPS) is 15.5. The molecule has 0 aliphatic heterocycles. The van der Waals surface area contributed by atoms with Gasteiger partial charge in [-0.3, -0.25) is 14.9 Å². The number of hydrogen-bond acceptors (Lipinski definition) is 5. The van der Waals surface area contributed by atoms with Crippen LogP contribution in [0.25, 0.3) is 0 Å². The molecule has 1 aromatic heterocycles. The van der Waals surface area contributed by atoms with Crippen molar-refractivity contribution in [3.8, 4) is 5.75 Å². The van der Waals surface area contributed by atoms with Gasteiger partial charge in [0.1, 0.15) is 5.75 Å². The van der Waals surface area contributed by atoms with E-state index < -0.39 is 0 Å². The van der Waals surface area contributed by atoms with E-state index in [0.717, 1.165) is 5.56 Å². The van der Waals surface area contributed by atoms with Crippen molar-refractivity contribution in [1.29, 1.82) is 0 Å². The first-order chi connectivity index (χ1) is 14.9. The number of carbonyl (C=O) groups is 2. The Balaban J connectivity index is 1.52. The fourth-order valence-electron chi connectivity index (χ4n) is 3.81. The van der Waals surface area contributed by atoms with E-state index in [1.807, 2.05) is 0 Å². The number of amides is 1. The minimum atomic E-state index is -0.314. The van der Waals surface area contributed by atoms with E-state index in [9.17, 15) is 9.59 Å². The Labute approximate surface area is 181 Å². The van der Waals surface area contributed by atoms with Crippen LogP contribution in [0.2, 0.25) is 0 Å². The summed E-state index contributed by atoms with van der Waals surface area (Å²) >= 11 is 0. The molecule has 0 spiro atoms. The van der Waals surface area contributed by atoms with Gasteiger partial charge in [0.25, 0.3) is 5.91 Å². The first kappa shape index (κ1) is 20.7. The van der Waals surface area contributed by atoms with Gasteiger partial charge in [0.2, 0.25) is 5.95 Å². The molecular weight excluding hydrogens is 390 g/mol. The predicted octanol–water partition coefficient (Wildman–Crippen LogP) is 4.77. The number of aromatic nitrogens is 2. The number of benzene rings is 2. The standard InChI is InChI=1S/C25H25N3O3/c1-15(2)16-4-6-17(7-5-16)19-12-22-21(23(29)13-19)14-26-25(27-22)28-24(30)18-8-10-20(31-3)11-9-18/h4-11,14-15,19H,12-13H2,1-3H3,(H,26,27,28,30). The second-order valence-corrected chi connectivity index (χ2v) is 8.09. The number of hydrogen-bond donors (Lipinski definition) is 1. The van der Waals surface area contributed by atoms with Gasteiger partial charge in [-0.15, -0.1) is 0 Å². The van der Waals surface area contributed by atoms with Crippen molar-refractivity contribution >= 4 is 17.6 Å². The number of anilines is 1. The second-order valence-electron chi connectivity index (χ2n) is 8.09. The van der Waals surface area contributed by atoms with Gasteiger partial charge in [0.05, 0.1) is 18.4 Å². The van der Waals surface area contributed by atoms with Crippen LogP contribution < -0.4 is 10.1 Å². The van der Waals surface area contributed by atoms with Crippen molar-refractivity contribution in [2.45, 2.75) is 38.5 Å². The Morgan fingerprint density at radius 3 is 2.42 bits per heavy atom. The lowest BCUT2D eigenvalue weighted by Crippen LogP contribution is -2.22. The monoisotopic (exact) mass is 415 g/mol. The van der Waals surface area contributed by atoms with Gasteiger partial charge in [0.15, 0.2) is 5.78 Å². The molecule has 0 bridgehead atoms. The SMILES string of the molecule is COc1ccc(C(=O)Nc2ncc3c(n2)CC(c2ccc(C(C)C)cc2)CC3=O)cc1. The highest BCUT2D eigenvalue weighted by molar-refractivity contribution is 6.03. The summed E-state index contributed by atoms with van der Waals surface area (Å²) in [5.74, 6) is 1.13. The first-order valence-corrected chi connectivity index (χ1v) is 10.4. The summed E-state index contributed by atoms with van der Waals surface area (Å²) in [5, 5.41) is 2.72. The Bertz CT molecular complexity index is 1110. The van der Waals surface area contributed by atoms with Gasteiger partial charge in [0, 0.05) is 18.2 Å². The smallest absolute Gasteiger partial charge is 0.258 e. The Morgan fingerprint density at radius 2 is 1.77 bits per heavy atom. The van der Waals surface area contributed by atoms with E-state index in [4.69, 9.17) is 4.74 Å². The summed E-state index contributed by atoms with van der Waals surface area (Å²) in [7, 11) is 1.57. The highest BCUT2D eigenvalue weighted by atomic mass is 16.5. The first-order valence-electron chi connectivity index (χ1n) is 10.4. The van der Waals surface area contributed by atoms with E-state index in [2.05, 4.69) is 53.4 Å². The third-order valence-corrected chi connectivity index (χ3v) is 5.69. The molecule has 0 fully saturated rings. The number of nitrogens with zero attached hydrogens (tertiary/aromatic N) is 2. The van der Waals surface area contributed by atoms with E-state index in [1.54, 1.807) is 31.4 Å². The molecule has 2 aromatic carbocycles. The summed E-state index contributed by atoms with van der Waals surface area (Å²) in [6, 6.07) is 15.2. The number of rotatable bonds is 5. The molecule has 0 saturated carbocycles. The molecule has 1 unspecified atom stereocenters. The topological polar surface area (TPSA) is 81.2 Å². The van der Waals surface area contributed by atoms with Crippen LogP contribution in [0.1, 0.15) is 69.6 Å². The molecule has 4 rings (SSSR count). The number of nitrogens with one attached hydrogen (secondary N) is 1. The number of ketones is 1. The lowest BCUT2D eigenvalue weighted by Gasteiger charge is -2.23. The number of carbonyl (C=O) groups excluding carboxylic acids is 2. The van der Waals surface area contributed by atoms with Crippen LogP contribution in [0.3, 0.4) is 0 Å². The van der Waals surface area contributed by atoms with Crippen LogP contribution in [0.5, 0.6) is 5.75 Å². The maximum Gasteiger partial charge on any atom is 0.258 e.